The number of rotatable bonds is 2. The van der Waals surface area contributed by atoms with Gasteiger partial charge in [-0.25, -0.2) is 4.79 Å². The Bertz CT molecular complexity index is 565. The highest BCUT2D eigenvalue weighted by Gasteiger charge is 2.42. The quantitative estimate of drug-likeness (QED) is 0.842. The summed E-state index contributed by atoms with van der Waals surface area (Å²) in [6.45, 7) is 0.673. The van der Waals surface area contributed by atoms with E-state index in [0.29, 0.717) is 12.1 Å². The Morgan fingerprint density at radius 3 is 2.93 bits per heavy atom. The Hall–Kier alpha value is -1.13. The predicted octanol–water partition coefficient (Wildman–Crippen LogP) is 1.84. The van der Waals surface area contributed by atoms with Gasteiger partial charge < -0.3 is 10.2 Å². The van der Waals surface area contributed by atoms with E-state index in [9.17, 15) is 4.79 Å². The van der Waals surface area contributed by atoms with Crippen LogP contribution in [0.4, 0.5) is 0 Å². The summed E-state index contributed by atoms with van der Waals surface area (Å²) >= 11 is 1.15. The Morgan fingerprint density at radius 1 is 1.47 bits per heavy atom. The molecular formula is C11H11NO2S. The van der Waals surface area contributed by atoms with Gasteiger partial charge in [-0.3, -0.25) is 0 Å². The van der Waals surface area contributed by atoms with Gasteiger partial charge in [-0.1, -0.05) is 17.4 Å². The number of fused-ring (bicyclic) bond motifs is 1. The Balaban J connectivity index is 2.17. The van der Waals surface area contributed by atoms with Gasteiger partial charge in [-0.05, 0) is 30.5 Å². The zero-order chi connectivity index (χ0) is 10.5. The van der Waals surface area contributed by atoms with Gasteiger partial charge in [-0.2, -0.15) is 0 Å². The monoisotopic (exact) mass is 221 g/mol. The van der Waals surface area contributed by atoms with E-state index in [1.54, 1.807) is 0 Å². The first-order chi connectivity index (χ1) is 7.23. The van der Waals surface area contributed by atoms with Gasteiger partial charge in [0.1, 0.15) is 5.58 Å². The molecule has 1 aromatic heterocycles. The molecule has 3 rings (SSSR count). The van der Waals surface area contributed by atoms with Gasteiger partial charge in [0.2, 0.25) is 0 Å². The highest BCUT2D eigenvalue weighted by atomic mass is 32.1. The Kier molecular flexibility index (Phi) is 1.78. The summed E-state index contributed by atoms with van der Waals surface area (Å²) in [5, 5.41) is 0. The maximum atomic E-state index is 11.1. The summed E-state index contributed by atoms with van der Waals surface area (Å²) in [5.41, 5.74) is 7.83. The van der Waals surface area contributed by atoms with Crippen molar-refractivity contribution in [1.82, 2.24) is 0 Å². The summed E-state index contributed by atoms with van der Waals surface area (Å²) in [5.74, 6) is 0. The van der Waals surface area contributed by atoms with Crippen molar-refractivity contribution in [3.05, 3.63) is 33.5 Å². The highest BCUT2D eigenvalue weighted by molar-refractivity contribution is 7.16. The van der Waals surface area contributed by atoms with Crippen LogP contribution >= 0.6 is 11.3 Å². The lowest BCUT2D eigenvalue weighted by Gasteiger charge is -2.11. The lowest BCUT2D eigenvalue weighted by atomic mass is 9.96. The lowest BCUT2D eigenvalue weighted by molar-refractivity contribution is 0.583. The molecule has 0 aliphatic heterocycles. The molecule has 2 aromatic rings. The van der Waals surface area contributed by atoms with Crippen molar-refractivity contribution in [1.29, 1.82) is 0 Å². The SMILES string of the molecule is NCC1(c2ccc3sc(=O)oc3c2)CC1. The molecule has 0 saturated heterocycles. The lowest BCUT2D eigenvalue weighted by Crippen LogP contribution is -2.19. The molecule has 1 fully saturated rings. The first-order valence-corrected chi connectivity index (χ1v) is 5.79. The average molecular weight is 221 g/mol. The molecule has 1 aliphatic rings. The second kappa shape index (κ2) is 2.93. The molecule has 1 heterocycles. The third kappa shape index (κ3) is 1.33. The molecule has 0 atom stereocenters. The zero-order valence-corrected chi connectivity index (χ0v) is 8.97. The fraction of sp³-hybridized carbons (Fsp3) is 0.364. The van der Waals surface area contributed by atoms with E-state index in [1.807, 2.05) is 12.1 Å². The topological polar surface area (TPSA) is 56.2 Å². The minimum Gasteiger partial charge on any atom is -0.414 e. The molecule has 4 heteroatoms. The fourth-order valence-corrected chi connectivity index (χ4v) is 2.61. The van der Waals surface area contributed by atoms with Crippen LogP contribution in [0.3, 0.4) is 0 Å². The summed E-state index contributed by atoms with van der Waals surface area (Å²) in [7, 11) is 0. The van der Waals surface area contributed by atoms with Crippen LogP contribution in [0, 0.1) is 0 Å². The molecule has 0 radical (unpaired) electrons. The molecule has 0 spiro atoms. The molecule has 1 aliphatic carbocycles. The van der Waals surface area contributed by atoms with Gasteiger partial charge >= 0.3 is 4.94 Å². The molecular weight excluding hydrogens is 210 g/mol. The van der Waals surface area contributed by atoms with Gasteiger partial charge in [0.15, 0.2) is 0 Å². The number of nitrogens with two attached hydrogens (primary N) is 1. The summed E-state index contributed by atoms with van der Waals surface area (Å²) in [6.07, 6.45) is 2.28. The van der Waals surface area contributed by atoms with Crippen LogP contribution in [0.25, 0.3) is 10.3 Å². The van der Waals surface area contributed by atoms with Gasteiger partial charge in [0.05, 0.1) is 4.70 Å². The van der Waals surface area contributed by atoms with Crippen molar-refractivity contribution in [2.45, 2.75) is 18.3 Å². The van der Waals surface area contributed by atoms with Crippen LogP contribution in [-0.4, -0.2) is 6.54 Å². The first-order valence-electron chi connectivity index (χ1n) is 4.98. The van der Waals surface area contributed by atoms with Gasteiger partial charge in [0, 0.05) is 12.0 Å². The Labute approximate surface area is 90.5 Å². The standard InChI is InChI=1S/C11H11NO2S/c12-6-11(3-4-11)7-1-2-9-8(5-7)14-10(13)15-9/h1-2,5H,3-4,6,12H2. The molecule has 1 aromatic carbocycles. The van der Waals surface area contributed by atoms with E-state index in [2.05, 4.69) is 6.07 Å². The van der Waals surface area contributed by atoms with E-state index in [-0.39, 0.29) is 10.4 Å². The zero-order valence-electron chi connectivity index (χ0n) is 8.16. The molecule has 2 N–H and O–H groups in total. The highest BCUT2D eigenvalue weighted by Crippen LogP contribution is 2.47. The first kappa shape index (κ1) is 9.12. The molecule has 15 heavy (non-hydrogen) atoms. The van der Waals surface area contributed by atoms with E-state index >= 15 is 0 Å². The van der Waals surface area contributed by atoms with Crippen molar-refractivity contribution < 1.29 is 4.42 Å². The molecule has 3 nitrogen and oxygen atoms in total. The second-order valence-corrected chi connectivity index (χ2v) is 5.08. The maximum absolute atomic E-state index is 11.1. The normalized spacial score (nSPS) is 18.2. The minimum absolute atomic E-state index is 0.161. The minimum atomic E-state index is -0.236. The third-order valence-electron chi connectivity index (χ3n) is 3.19. The van der Waals surface area contributed by atoms with Crippen molar-refractivity contribution in [2.75, 3.05) is 6.54 Å². The van der Waals surface area contributed by atoms with E-state index < -0.39 is 0 Å². The predicted molar refractivity (Wildman–Crippen MR) is 60.3 cm³/mol. The van der Waals surface area contributed by atoms with Gasteiger partial charge in [0.25, 0.3) is 0 Å². The number of hydrogen-bond acceptors (Lipinski definition) is 4. The van der Waals surface area contributed by atoms with Crippen LogP contribution in [0.5, 0.6) is 0 Å². The fourth-order valence-electron chi connectivity index (χ4n) is 1.96. The average Bonchev–Trinajstić information content (AvgIpc) is 2.94. The largest absolute Gasteiger partial charge is 0.414 e. The summed E-state index contributed by atoms with van der Waals surface area (Å²) < 4.78 is 6.01. The molecule has 0 amide bonds. The van der Waals surface area contributed by atoms with E-state index in [1.165, 1.54) is 5.56 Å². The van der Waals surface area contributed by atoms with Crippen LogP contribution in [-0.2, 0) is 5.41 Å². The van der Waals surface area contributed by atoms with Crippen molar-refractivity contribution in [3.63, 3.8) is 0 Å². The molecule has 1 saturated carbocycles. The number of hydrogen-bond donors (Lipinski definition) is 1. The van der Waals surface area contributed by atoms with Crippen LogP contribution in [0.2, 0.25) is 0 Å². The van der Waals surface area contributed by atoms with Crippen LogP contribution < -0.4 is 10.7 Å². The van der Waals surface area contributed by atoms with E-state index in [4.69, 9.17) is 10.2 Å². The molecule has 0 unspecified atom stereocenters. The van der Waals surface area contributed by atoms with Crippen LogP contribution in [0.15, 0.2) is 27.4 Å². The molecule has 78 valence electrons. The third-order valence-corrected chi connectivity index (χ3v) is 3.99. The maximum Gasteiger partial charge on any atom is 0.396 e. The van der Waals surface area contributed by atoms with Crippen molar-refractivity contribution >= 4 is 21.6 Å². The number of benzene rings is 1. The summed E-state index contributed by atoms with van der Waals surface area (Å²) in [4.78, 5) is 10.8. The smallest absolute Gasteiger partial charge is 0.396 e. The van der Waals surface area contributed by atoms with Gasteiger partial charge in [-0.15, -0.1) is 0 Å². The van der Waals surface area contributed by atoms with E-state index in [0.717, 1.165) is 28.9 Å². The van der Waals surface area contributed by atoms with Crippen molar-refractivity contribution in [3.8, 4) is 0 Å². The second-order valence-electron chi connectivity index (χ2n) is 4.10. The molecule has 0 bridgehead atoms. The summed E-state index contributed by atoms with van der Waals surface area (Å²) in [6, 6.07) is 5.98. The van der Waals surface area contributed by atoms with Crippen molar-refractivity contribution in [2.24, 2.45) is 5.73 Å². The Morgan fingerprint density at radius 2 is 2.27 bits per heavy atom. The van der Waals surface area contributed by atoms with Crippen LogP contribution in [0.1, 0.15) is 18.4 Å².